The van der Waals surface area contributed by atoms with Gasteiger partial charge in [0.25, 0.3) is 0 Å². The summed E-state index contributed by atoms with van der Waals surface area (Å²) >= 11 is 0. The first-order valence-electron chi connectivity index (χ1n) is 6.56. The zero-order chi connectivity index (χ0) is 15.9. The van der Waals surface area contributed by atoms with Crippen LogP contribution in [0.1, 0.15) is 21.5 Å². The number of benzene rings is 2. The number of carbonyl (C=O) groups excluding carboxylic acids is 1. The quantitative estimate of drug-likeness (QED) is 0.627. The maximum atomic E-state index is 12.1. The highest BCUT2D eigenvalue weighted by atomic mass is 16.6. The Bertz CT molecular complexity index is 702. The van der Waals surface area contributed by atoms with Gasteiger partial charge in [-0.25, -0.2) is 4.79 Å². The first-order valence-corrected chi connectivity index (χ1v) is 6.56. The van der Waals surface area contributed by atoms with Crippen LogP contribution >= 0.6 is 0 Å². The molecule has 0 heterocycles. The molecular formula is C17H15NO4. The van der Waals surface area contributed by atoms with Gasteiger partial charge in [0.15, 0.2) is 11.5 Å². The zero-order valence-corrected chi connectivity index (χ0v) is 12.3. The molecule has 0 radical (unpaired) electrons. The second-order valence-corrected chi connectivity index (χ2v) is 4.50. The Hall–Kier alpha value is -2.84. The number of methoxy groups -OCH3 is 2. The van der Waals surface area contributed by atoms with Crippen molar-refractivity contribution in [1.82, 2.24) is 0 Å². The highest BCUT2D eigenvalue weighted by Crippen LogP contribution is 2.28. The van der Waals surface area contributed by atoms with Crippen LogP contribution in [0, 0.1) is 11.3 Å². The fourth-order valence-electron chi connectivity index (χ4n) is 1.88. The van der Waals surface area contributed by atoms with Gasteiger partial charge in [-0.15, -0.1) is 0 Å². The summed E-state index contributed by atoms with van der Waals surface area (Å²) in [6, 6.07) is 13.6. The molecule has 5 heteroatoms. The molecule has 0 bridgehead atoms. The Morgan fingerprint density at radius 3 is 2.41 bits per heavy atom. The third-order valence-electron chi connectivity index (χ3n) is 3.00. The third-order valence-corrected chi connectivity index (χ3v) is 3.00. The molecule has 0 aromatic heterocycles. The van der Waals surface area contributed by atoms with E-state index in [2.05, 4.69) is 0 Å². The maximum Gasteiger partial charge on any atom is 0.343 e. The summed E-state index contributed by atoms with van der Waals surface area (Å²) in [5, 5.41) is 8.85. The molecule has 0 aliphatic heterocycles. The van der Waals surface area contributed by atoms with Crippen molar-refractivity contribution in [2.45, 2.75) is 6.61 Å². The van der Waals surface area contributed by atoms with Crippen LogP contribution in [0.2, 0.25) is 0 Å². The SMILES string of the molecule is COCc1ccc(C(=O)Oc2ccc(C#N)cc2OC)cc1. The topological polar surface area (TPSA) is 68.5 Å². The van der Waals surface area contributed by atoms with Gasteiger partial charge in [0, 0.05) is 13.2 Å². The van der Waals surface area contributed by atoms with Crippen LogP contribution in [-0.2, 0) is 11.3 Å². The Balaban J connectivity index is 2.16. The van der Waals surface area contributed by atoms with Crippen LogP contribution < -0.4 is 9.47 Å². The van der Waals surface area contributed by atoms with Crippen molar-refractivity contribution in [3.05, 3.63) is 59.2 Å². The van der Waals surface area contributed by atoms with Crippen LogP contribution in [0.3, 0.4) is 0 Å². The van der Waals surface area contributed by atoms with Gasteiger partial charge in [-0.05, 0) is 29.8 Å². The number of esters is 1. The van der Waals surface area contributed by atoms with Gasteiger partial charge in [0.2, 0.25) is 0 Å². The molecule has 0 atom stereocenters. The number of hydrogen-bond acceptors (Lipinski definition) is 5. The summed E-state index contributed by atoms with van der Waals surface area (Å²) in [4.78, 5) is 12.1. The van der Waals surface area contributed by atoms with Crippen LogP contribution in [0.15, 0.2) is 42.5 Å². The molecule has 2 rings (SSSR count). The second kappa shape index (κ2) is 7.25. The van der Waals surface area contributed by atoms with Crippen molar-refractivity contribution in [3.8, 4) is 17.6 Å². The van der Waals surface area contributed by atoms with E-state index < -0.39 is 5.97 Å². The maximum absolute atomic E-state index is 12.1. The summed E-state index contributed by atoms with van der Waals surface area (Å²) < 4.78 is 15.5. The Labute approximate surface area is 128 Å². The average Bonchev–Trinajstić information content (AvgIpc) is 2.56. The molecule has 5 nitrogen and oxygen atoms in total. The lowest BCUT2D eigenvalue weighted by Crippen LogP contribution is -2.09. The van der Waals surface area contributed by atoms with Gasteiger partial charge >= 0.3 is 5.97 Å². The second-order valence-electron chi connectivity index (χ2n) is 4.50. The monoisotopic (exact) mass is 297 g/mol. The minimum absolute atomic E-state index is 0.271. The fraction of sp³-hybridized carbons (Fsp3) is 0.176. The third kappa shape index (κ3) is 3.62. The Morgan fingerprint density at radius 1 is 1.09 bits per heavy atom. The van der Waals surface area contributed by atoms with Crippen LogP contribution in [-0.4, -0.2) is 20.2 Å². The molecule has 2 aromatic carbocycles. The minimum Gasteiger partial charge on any atom is -0.493 e. The first-order chi connectivity index (χ1) is 10.7. The van der Waals surface area contributed by atoms with E-state index in [1.165, 1.54) is 19.2 Å². The first kappa shape index (κ1) is 15.5. The van der Waals surface area contributed by atoms with Crippen molar-refractivity contribution in [2.75, 3.05) is 14.2 Å². The van der Waals surface area contributed by atoms with Gasteiger partial charge in [0.05, 0.1) is 30.9 Å². The molecule has 0 aliphatic rings. The number of rotatable bonds is 5. The molecule has 0 saturated heterocycles. The molecule has 0 aliphatic carbocycles. The van der Waals surface area contributed by atoms with Crippen LogP contribution in [0.4, 0.5) is 0 Å². The van der Waals surface area contributed by atoms with Gasteiger partial charge in [-0.1, -0.05) is 12.1 Å². The van der Waals surface area contributed by atoms with Gasteiger partial charge in [-0.3, -0.25) is 0 Å². The lowest BCUT2D eigenvalue weighted by atomic mass is 10.1. The van der Waals surface area contributed by atoms with Gasteiger partial charge in [0.1, 0.15) is 0 Å². The van der Waals surface area contributed by atoms with Crippen molar-refractivity contribution in [2.24, 2.45) is 0 Å². The molecule has 0 amide bonds. The predicted molar refractivity (Wildman–Crippen MR) is 79.8 cm³/mol. The number of nitrogens with zero attached hydrogens (tertiary/aromatic N) is 1. The molecule has 112 valence electrons. The van der Waals surface area contributed by atoms with E-state index in [1.807, 2.05) is 6.07 Å². The van der Waals surface area contributed by atoms with E-state index in [0.29, 0.717) is 23.5 Å². The van der Waals surface area contributed by atoms with Crippen molar-refractivity contribution in [1.29, 1.82) is 5.26 Å². The lowest BCUT2D eigenvalue weighted by molar-refractivity contribution is 0.0729. The molecule has 0 spiro atoms. The van der Waals surface area contributed by atoms with Crippen LogP contribution in [0.5, 0.6) is 11.5 Å². The van der Waals surface area contributed by atoms with E-state index in [1.54, 1.807) is 37.4 Å². The molecular weight excluding hydrogens is 282 g/mol. The number of nitriles is 1. The number of hydrogen-bond donors (Lipinski definition) is 0. The van der Waals surface area contributed by atoms with E-state index in [9.17, 15) is 4.79 Å². The summed E-state index contributed by atoms with van der Waals surface area (Å²) in [6.45, 7) is 0.485. The Morgan fingerprint density at radius 2 is 1.82 bits per heavy atom. The molecule has 0 unspecified atom stereocenters. The van der Waals surface area contributed by atoms with Crippen molar-refractivity contribution >= 4 is 5.97 Å². The number of carbonyl (C=O) groups is 1. The summed E-state index contributed by atoms with van der Waals surface area (Å²) in [5.74, 6) is 0.114. The summed E-state index contributed by atoms with van der Waals surface area (Å²) in [6.07, 6.45) is 0. The Kier molecular flexibility index (Phi) is 5.12. The van der Waals surface area contributed by atoms with E-state index in [-0.39, 0.29) is 5.75 Å². The fourth-order valence-corrected chi connectivity index (χ4v) is 1.88. The normalized spacial score (nSPS) is 9.86. The summed E-state index contributed by atoms with van der Waals surface area (Å²) in [5.41, 5.74) is 1.82. The van der Waals surface area contributed by atoms with E-state index in [0.717, 1.165) is 5.56 Å². The summed E-state index contributed by atoms with van der Waals surface area (Å²) in [7, 11) is 3.06. The lowest BCUT2D eigenvalue weighted by Gasteiger charge is -2.09. The van der Waals surface area contributed by atoms with E-state index in [4.69, 9.17) is 19.5 Å². The number of ether oxygens (including phenoxy) is 3. The highest BCUT2D eigenvalue weighted by Gasteiger charge is 2.13. The largest absolute Gasteiger partial charge is 0.493 e. The van der Waals surface area contributed by atoms with E-state index >= 15 is 0 Å². The van der Waals surface area contributed by atoms with Gasteiger partial charge in [-0.2, -0.15) is 5.26 Å². The molecule has 0 fully saturated rings. The van der Waals surface area contributed by atoms with Crippen molar-refractivity contribution < 1.29 is 19.0 Å². The minimum atomic E-state index is -0.494. The smallest absolute Gasteiger partial charge is 0.343 e. The van der Waals surface area contributed by atoms with Crippen molar-refractivity contribution in [3.63, 3.8) is 0 Å². The molecule has 0 saturated carbocycles. The zero-order valence-electron chi connectivity index (χ0n) is 12.3. The molecule has 0 N–H and O–H groups in total. The molecule has 22 heavy (non-hydrogen) atoms. The molecule has 2 aromatic rings. The standard InChI is InChI=1S/C17H15NO4/c1-20-11-12-3-6-14(7-4-12)17(19)22-15-8-5-13(10-18)9-16(15)21-2/h3-9H,11H2,1-2H3. The highest BCUT2D eigenvalue weighted by molar-refractivity contribution is 5.91. The average molecular weight is 297 g/mol. The van der Waals surface area contributed by atoms with Gasteiger partial charge < -0.3 is 14.2 Å². The van der Waals surface area contributed by atoms with Crippen LogP contribution in [0.25, 0.3) is 0 Å². The predicted octanol–water partition coefficient (Wildman–Crippen LogP) is 2.93.